The van der Waals surface area contributed by atoms with Gasteiger partial charge in [-0.1, -0.05) is 0 Å². The molecule has 0 saturated heterocycles. The van der Waals surface area contributed by atoms with E-state index in [4.69, 9.17) is 5.11 Å². The minimum Gasteiger partial charge on any atom is -0.508 e. The molecule has 0 radical (unpaired) electrons. The fraction of sp³-hybridized carbons (Fsp3) is 0.429. The summed E-state index contributed by atoms with van der Waals surface area (Å²) in [5, 5.41) is 11.5. The number of amides is 2. The van der Waals surface area contributed by atoms with Crippen LogP contribution >= 0.6 is 0 Å². The number of benzene rings is 1. The Kier molecular flexibility index (Phi) is 5.96. The van der Waals surface area contributed by atoms with Crippen LogP contribution in [-0.4, -0.2) is 41.5 Å². The van der Waals surface area contributed by atoms with Crippen LogP contribution in [0.2, 0.25) is 0 Å². The number of halogens is 1. The normalized spacial score (nSPS) is 10.2. The van der Waals surface area contributed by atoms with Crippen molar-refractivity contribution in [3.8, 4) is 5.75 Å². The lowest BCUT2D eigenvalue weighted by Gasteiger charge is -2.18. The number of nitrogens with one attached hydrogen (secondary N) is 1. The summed E-state index contributed by atoms with van der Waals surface area (Å²) in [6.07, 6.45) is 0.174. The SMILES string of the molecule is CCN(CC)C(=O)CCNC(=O)c1ccc(O)cc1F. The molecule has 1 aromatic carbocycles. The first kappa shape index (κ1) is 15.9. The first-order valence-electron chi connectivity index (χ1n) is 6.54. The number of hydrogen-bond donors (Lipinski definition) is 2. The minimum absolute atomic E-state index is 0.0542. The highest BCUT2D eigenvalue weighted by Crippen LogP contribution is 2.14. The average molecular weight is 282 g/mol. The first-order valence-corrected chi connectivity index (χ1v) is 6.54. The molecule has 0 aliphatic rings. The Bertz CT molecular complexity index is 487. The molecule has 5 nitrogen and oxygen atoms in total. The van der Waals surface area contributed by atoms with Crippen molar-refractivity contribution in [2.24, 2.45) is 0 Å². The summed E-state index contributed by atoms with van der Waals surface area (Å²) in [6.45, 7) is 5.15. The van der Waals surface area contributed by atoms with Gasteiger partial charge in [-0.2, -0.15) is 0 Å². The van der Waals surface area contributed by atoms with Crippen molar-refractivity contribution in [2.75, 3.05) is 19.6 Å². The second kappa shape index (κ2) is 7.47. The number of hydrogen-bond acceptors (Lipinski definition) is 3. The Labute approximate surface area is 117 Å². The maximum Gasteiger partial charge on any atom is 0.254 e. The number of nitrogens with zero attached hydrogens (tertiary/aromatic N) is 1. The average Bonchev–Trinajstić information content (AvgIpc) is 2.39. The van der Waals surface area contributed by atoms with Crippen LogP contribution < -0.4 is 5.32 Å². The molecule has 6 heteroatoms. The smallest absolute Gasteiger partial charge is 0.254 e. The zero-order valence-electron chi connectivity index (χ0n) is 11.6. The number of rotatable bonds is 6. The Morgan fingerprint density at radius 1 is 1.30 bits per heavy atom. The molecule has 2 N–H and O–H groups in total. The maximum absolute atomic E-state index is 13.4. The van der Waals surface area contributed by atoms with Crippen molar-refractivity contribution >= 4 is 11.8 Å². The Morgan fingerprint density at radius 3 is 2.50 bits per heavy atom. The van der Waals surface area contributed by atoms with E-state index in [0.717, 1.165) is 6.07 Å². The summed E-state index contributed by atoms with van der Waals surface area (Å²) in [5.41, 5.74) is -0.155. The van der Waals surface area contributed by atoms with Crippen LogP contribution in [0.15, 0.2) is 18.2 Å². The summed E-state index contributed by atoms with van der Waals surface area (Å²) < 4.78 is 13.4. The molecule has 1 rings (SSSR count). The predicted octanol–water partition coefficient (Wildman–Crippen LogP) is 1.52. The van der Waals surface area contributed by atoms with Crippen LogP contribution in [0.25, 0.3) is 0 Å². The van der Waals surface area contributed by atoms with Crippen LogP contribution in [0, 0.1) is 5.82 Å². The Hall–Kier alpha value is -2.11. The van der Waals surface area contributed by atoms with Crippen LogP contribution in [0.3, 0.4) is 0 Å². The van der Waals surface area contributed by atoms with Crippen LogP contribution in [0.4, 0.5) is 4.39 Å². The predicted molar refractivity (Wildman–Crippen MR) is 72.9 cm³/mol. The van der Waals surface area contributed by atoms with Gasteiger partial charge in [0.1, 0.15) is 11.6 Å². The van der Waals surface area contributed by atoms with E-state index in [1.807, 2.05) is 13.8 Å². The molecule has 0 spiro atoms. The highest BCUT2D eigenvalue weighted by Gasteiger charge is 2.13. The van der Waals surface area contributed by atoms with Gasteiger partial charge in [-0.05, 0) is 26.0 Å². The zero-order valence-corrected chi connectivity index (χ0v) is 11.6. The summed E-state index contributed by atoms with van der Waals surface area (Å²) in [7, 11) is 0. The number of phenols is 1. The number of phenolic OH excluding ortho intramolecular Hbond substituents is 1. The standard InChI is InChI=1S/C14H19FN2O3/c1-3-17(4-2)13(19)7-8-16-14(20)11-6-5-10(18)9-12(11)15/h5-6,9,18H,3-4,7-8H2,1-2H3,(H,16,20). The molecule has 0 heterocycles. The van der Waals surface area contributed by atoms with Crippen LogP contribution in [-0.2, 0) is 4.79 Å². The van der Waals surface area contributed by atoms with Crippen molar-refractivity contribution in [1.82, 2.24) is 10.2 Å². The van der Waals surface area contributed by atoms with Crippen molar-refractivity contribution in [1.29, 1.82) is 0 Å². The molecule has 2 amide bonds. The topological polar surface area (TPSA) is 69.6 Å². The quantitative estimate of drug-likeness (QED) is 0.831. The van der Waals surface area contributed by atoms with Gasteiger partial charge in [0.25, 0.3) is 5.91 Å². The highest BCUT2D eigenvalue weighted by atomic mass is 19.1. The van der Waals surface area contributed by atoms with E-state index in [1.54, 1.807) is 4.90 Å². The molecule has 0 bridgehead atoms. The molecular weight excluding hydrogens is 263 g/mol. The summed E-state index contributed by atoms with van der Waals surface area (Å²) in [6, 6.07) is 3.31. The van der Waals surface area contributed by atoms with Crippen molar-refractivity contribution in [3.05, 3.63) is 29.6 Å². The van der Waals surface area contributed by atoms with Gasteiger partial charge in [0, 0.05) is 32.1 Å². The van der Waals surface area contributed by atoms with Gasteiger partial charge in [0.2, 0.25) is 5.91 Å². The van der Waals surface area contributed by atoms with E-state index < -0.39 is 11.7 Å². The maximum atomic E-state index is 13.4. The van der Waals surface area contributed by atoms with Gasteiger partial charge in [0.15, 0.2) is 0 Å². The fourth-order valence-corrected chi connectivity index (χ4v) is 1.80. The molecule has 0 fully saturated rings. The monoisotopic (exact) mass is 282 g/mol. The van der Waals surface area contributed by atoms with Gasteiger partial charge in [-0.15, -0.1) is 0 Å². The second-order valence-corrected chi connectivity index (χ2v) is 4.24. The largest absolute Gasteiger partial charge is 0.508 e. The van der Waals surface area contributed by atoms with Crippen LogP contribution in [0.1, 0.15) is 30.6 Å². The summed E-state index contributed by atoms with van der Waals surface area (Å²) in [4.78, 5) is 25.1. The van der Waals surface area contributed by atoms with Gasteiger partial charge in [0.05, 0.1) is 5.56 Å². The van der Waals surface area contributed by atoms with Crippen LogP contribution in [0.5, 0.6) is 5.75 Å². The van der Waals surface area contributed by atoms with E-state index in [0.29, 0.717) is 13.1 Å². The van der Waals surface area contributed by atoms with Gasteiger partial charge >= 0.3 is 0 Å². The Morgan fingerprint density at radius 2 is 1.95 bits per heavy atom. The number of carbonyl (C=O) groups is 2. The molecule has 0 aliphatic carbocycles. The Balaban J connectivity index is 2.50. The third-order valence-corrected chi connectivity index (χ3v) is 2.94. The van der Waals surface area contributed by atoms with Gasteiger partial charge in [-0.3, -0.25) is 9.59 Å². The lowest BCUT2D eigenvalue weighted by atomic mass is 10.2. The van der Waals surface area contributed by atoms with Gasteiger partial charge in [-0.25, -0.2) is 4.39 Å². The lowest BCUT2D eigenvalue weighted by molar-refractivity contribution is -0.130. The third kappa shape index (κ3) is 4.22. The van der Waals surface area contributed by atoms with E-state index in [1.165, 1.54) is 12.1 Å². The molecule has 0 atom stereocenters. The van der Waals surface area contributed by atoms with E-state index in [2.05, 4.69) is 5.32 Å². The van der Waals surface area contributed by atoms with Crippen molar-refractivity contribution in [2.45, 2.75) is 20.3 Å². The molecule has 0 saturated carbocycles. The van der Waals surface area contributed by atoms with Crippen molar-refractivity contribution < 1.29 is 19.1 Å². The molecule has 0 aromatic heterocycles. The fourth-order valence-electron chi connectivity index (χ4n) is 1.80. The molecule has 110 valence electrons. The van der Waals surface area contributed by atoms with E-state index in [-0.39, 0.29) is 30.2 Å². The minimum atomic E-state index is -0.794. The third-order valence-electron chi connectivity index (χ3n) is 2.94. The first-order chi connectivity index (χ1) is 9.49. The number of aromatic hydroxyl groups is 1. The second-order valence-electron chi connectivity index (χ2n) is 4.24. The molecule has 0 unspecified atom stereocenters. The summed E-state index contributed by atoms with van der Waals surface area (Å²) >= 11 is 0. The highest BCUT2D eigenvalue weighted by molar-refractivity contribution is 5.94. The molecule has 20 heavy (non-hydrogen) atoms. The van der Waals surface area contributed by atoms with Crippen molar-refractivity contribution in [3.63, 3.8) is 0 Å². The zero-order chi connectivity index (χ0) is 15.1. The molecule has 0 aliphatic heterocycles. The van der Waals surface area contributed by atoms with E-state index >= 15 is 0 Å². The summed E-state index contributed by atoms with van der Waals surface area (Å²) in [5.74, 6) is -1.69. The number of carbonyl (C=O) groups excluding carboxylic acids is 2. The van der Waals surface area contributed by atoms with E-state index in [9.17, 15) is 14.0 Å². The molecule has 1 aromatic rings. The lowest BCUT2D eigenvalue weighted by Crippen LogP contribution is -2.34. The molecular formula is C14H19FN2O3. The van der Waals surface area contributed by atoms with Gasteiger partial charge < -0.3 is 15.3 Å².